The second-order valence-electron chi connectivity index (χ2n) is 3.58. The van der Waals surface area contributed by atoms with Crippen molar-refractivity contribution in [3.05, 3.63) is 29.8 Å². The fraction of sp³-hybridized carbons (Fsp3) is 0.364. The van der Waals surface area contributed by atoms with Gasteiger partial charge in [-0.05, 0) is 24.6 Å². The Morgan fingerprint density at radius 3 is 2.12 bits per heavy atom. The maximum Gasteiger partial charge on any atom is 0.306 e. The van der Waals surface area contributed by atoms with Crippen LogP contribution in [0.5, 0.6) is 5.75 Å². The first-order valence-corrected chi connectivity index (χ1v) is 6.68. The van der Waals surface area contributed by atoms with Crippen molar-refractivity contribution in [2.24, 2.45) is 0 Å². The van der Waals surface area contributed by atoms with Gasteiger partial charge in [0, 0.05) is 7.11 Å². The summed E-state index contributed by atoms with van der Waals surface area (Å²) in [7, 11) is -2.09. The lowest BCUT2D eigenvalue weighted by Crippen LogP contribution is -2.11. The van der Waals surface area contributed by atoms with E-state index in [1.807, 2.05) is 0 Å². The third-order valence-electron chi connectivity index (χ3n) is 2.04. The maximum atomic E-state index is 11.2. The van der Waals surface area contributed by atoms with Gasteiger partial charge in [-0.3, -0.25) is 4.79 Å². The summed E-state index contributed by atoms with van der Waals surface area (Å²) in [4.78, 5) is 11.2. The van der Waals surface area contributed by atoms with Crippen molar-refractivity contribution in [3.8, 4) is 5.75 Å². The number of ketones is 1. The highest BCUT2D eigenvalue weighted by Crippen LogP contribution is 2.21. The molecule has 1 unspecified atom stereocenters. The van der Waals surface area contributed by atoms with Crippen LogP contribution in [0.1, 0.15) is 18.6 Å². The molecule has 0 fully saturated rings. The summed E-state index contributed by atoms with van der Waals surface area (Å²) in [6, 6.07) is 6.14. The lowest BCUT2D eigenvalue weighted by atomic mass is 10.1. The molecule has 0 amide bonds. The van der Waals surface area contributed by atoms with Gasteiger partial charge in [0.05, 0.1) is 6.26 Å². The van der Waals surface area contributed by atoms with E-state index >= 15 is 0 Å². The lowest BCUT2D eigenvalue weighted by Gasteiger charge is -2.12. The van der Waals surface area contributed by atoms with Crippen LogP contribution < -0.4 is 4.18 Å². The van der Waals surface area contributed by atoms with Gasteiger partial charge in [0.15, 0.2) is 5.78 Å². The first-order chi connectivity index (χ1) is 7.83. The van der Waals surface area contributed by atoms with Gasteiger partial charge in [0.2, 0.25) is 0 Å². The van der Waals surface area contributed by atoms with E-state index in [9.17, 15) is 13.2 Å². The summed E-state index contributed by atoms with van der Waals surface area (Å²) in [5.74, 6) is 0.0823. The summed E-state index contributed by atoms with van der Waals surface area (Å²) in [6.07, 6.45) is 0.330. The quantitative estimate of drug-likeness (QED) is 0.744. The predicted octanol–water partition coefficient (Wildman–Crippen LogP) is 1.30. The van der Waals surface area contributed by atoms with Crippen molar-refractivity contribution in [1.29, 1.82) is 0 Å². The molecule has 1 atom stereocenters. The second-order valence-corrected chi connectivity index (χ2v) is 5.16. The van der Waals surface area contributed by atoms with Gasteiger partial charge in [-0.15, -0.1) is 0 Å². The average Bonchev–Trinajstić information content (AvgIpc) is 2.18. The molecule has 0 bridgehead atoms. The van der Waals surface area contributed by atoms with Gasteiger partial charge in [-0.1, -0.05) is 12.1 Å². The van der Waals surface area contributed by atoms with Crippen LogP contribution in [-0.4, -0.2) is 27.6 Å². The van der Waals surface area contributed by atoms with Crippen molar-refractivity contribution < 1.29 is 22.1 Å². The van der Waals surface area contributed by atoms with Gasteiger partial charge in [0.1, 0.15) is 11.9 Å². The molecule has 0 radical (unpaired) electrons. The van der Waals surface area contributed by atoms with Crippen LogP contribution in [-0.2, 0) is 19.6 Å². The highest BCUT2D eigenvalue weighted by molar-refractivity contribution is 7.86. The number of ether oxygens (including phenoxy) is 1. The molecule has 6 heteroatoms. The Morgan fingerprint density at radius 1 is 1.24 bits per heavy atom. The van der Waals surface area contributed by atoms with Crippen molar-refractivity contribution in [1.82, 2.24) is 0 Å². The van der Waals surface area contributed by atoms with E-state index in [-0.39, 0.29) is 11.5 Å². The summed E-state index contributed by atoms with van der Waals surface area (Å²) in [5, 5.41) is 0. The average molecular weight is 258 g/mol. The fourth-order valence-electron chi connectivity index (χ4n) is 1.41. The van der Waals surface area contributed by atoms with Crippen LogP contribution in [0.2, 0.25) is 0 Å². The summed E-state index contributed by atoms with van der Waals surface area (Å²) < 4.78 is 31.5. The van der Waals surface area contributed by atoms with Crippen LogP contribution in [0.15, 0.2) is 24.3 Å². The zero-order valence-corrected chi connectivity index (χ0v) is 10.7. The van der Waals surface area contributed by atoms with E-state index in [1.165, 1.54) is 26.2 Å². The number of hydrogen-bond donors (Lipinski definition) is 0. The molecule has 0 aliphatic rings. The molecule has 0 spiro atoms. The number of Topliss-reactive ketones (excluding diaryl/α,β-unsaturated/α-hetero) is 1. The zero-order chi connectivity index (χ0) is 13.1. The molecule has 0 N–H and O–H groups in total. The predicted molar refractivity (Wildman–Crippen MR) is 62.3 cm³/mol. The van der Waals surface area contributed by atoms with Gasteiger partial charge >= 0.3 is 10.1 Å². The number of carbonyl (C=O) groups is 1. The first-order valence-electron chi connectivity index (χ1n) is 4.86. The number of benzene rings is 1. The van der Waals surface area contributed by atoms with Crippen LogP contribution in [0.25, 0.3) is 0 Å². The third kappa shape index (κ3) is 4.16. The van der Waals surface area contributed by atoms with Crippen molar-refractivity contribution >= 4 is 15.9 Å². The van der Waals surface area contributed by atoms with E-state index < -0.39 is 16.2 Å². The van der Waals surface area contributed by atoms with Gasteiger partial charge in [-0.2, -0.15) is 8.42 Å². The van der Waals surface area contributed by atoms with Crippen molar-refractivity contribution in [3.63, 3.8) is 0 Å². The number of methoxy groups -OCH3 is 1. The van der Waals surface area contributed by atoms with E-state index in [0.717, 1.165) is 6.26 Å². The van der Waals surface area contributed by atoms with E-state index in [2.05, 4.69) is 4.18 Å². The minimum Gasteiger partial charge on any atom is -0.383 e. The minimum atomic E-state index is -3.53. The first kappa shape index (κ1) is 13.7. The summed E-state index contributed by atoms with van der Waals surface area (Å²) in [5.41, 5.74) is 0.654. The molecule has 0 aliphatic heterocycles. The molecule has 0 saturated carbocycles. The van der Waals surface area contributed by atoms with Crippen LogP contribution in [0.4, 0.5) is 0 Å². The SMILES string of the molecule is COC(C(C)=O)c1ccc(OS(C)(=O)=O)cc1. The Kier molecular flexibility index (Phi) is 4.25. The van der Waals surface area contributed by atoms with Crippen LogP contribution >= 0.6 is 0 Å². The lowest BCUT2D eigenvalue weighted by molar-refractivity contribution is -0.126. The topological polar surface area (TPSA) is 69.7 Å². The summed E-state index contributed by atoms with van der Waals surface area (Å²) >= 11 is 0. The molecule has 1 aromatic rings. The standard InChI is InChI=1S/C11H14O5S/c1-8(12)11(15-2)9-4-6-10(7-5-9)16-17(3,13)14/h4-7,11H,1-3H3. The van der Waals surface area contributed by atoms with E-state index in [4.69, 9.17) is 4.74 Å². The Bertz CT molecular complexity index is 489. The molecule has 1 aromatic carbocycles. The van der Waals surface area contributed by atoms with Gasteiger partial charge in [0.25, 0.3) is 0 Å². The van der Waals surface area contributed by atoms with Gasteiger partial charge < -0.3 is 8.92 Å². The zero-order valence-electron chi connectivity index (χ0n) is 9.84. The molecule has 1 rings (SSSR count). The summed E-state index contributed by atoms with van der Waals surface area (Å²) in [6.45, 7) is 1.43. The van der Waals surface area contributed by atoms with E-state index in [0.29, 0.717) is 5.56 Å². The Balaban J connectivity index is 2.91. The van der Waals surface area contributed by atoms with Crippen molar-refractivity contribution in [2.45, 2.75) is 13.0 Å². The second kappa shape index (κ2) is 5.29. The molecule has 0 saturated heterocycles. The highest BCUT2D eigenvalue weighted by Gasteiger charge is 2.15. The Morgan fingerprint density at radius 2 is 1.76 bits per heavy atom. The molecule has 0 heterocycles. The molecular formula is C11H14O5S. The smallest absolute Gasteiger partial charge is 0.306 e. The maximum absolute atomic E-state index is 11.2. The van der Waals surface area contributed by atoms with Crippen molar-refractivity contribution in [2.75, 3.05) is 13.4 Å². The highest BCUT2D eigenvalue weighted by atomic mass is 32.2. The number of carbonyl (C=O) groups excluding carboxylic acids is 1. The van der Waals surface area contributed by atoms with E-state index in [1.54, 1.807) is 12.1 Å². The molecule has 0 aromatic heterocycles. The monoisotopic (exact) mass is 258 g/mol. The largest absolute Gasteiger partial charge is 0.383 e. The van der Waals surface area contributed by atoms with Crippen LogP contribution in [0, 0.1) is 0 Å². The molecule has 94 valence electrons. The number of rotatable bonds is 5. The normalized spacial score (nSPS) is 13.1. The molecular weight excluding hydrogens is 244 g/mol. The third-order valence-corrected chi connectivity index (χ3v) is 2.53. The minimum absolute atomic E-state index is 0.121. The molecule has 17 heavy (non-hydrogen) atoms. The van der Waals surface area contributed by atoms with Crippen LogP contribution in [0.3, 0.4) is 0 Å². The molecule has 5 nitrogen and oxygen atoms in total. The Labute approximate surface area is 100 Å². The number of hydrogen-bond acceptors (Lipinski definition) is 5. The molecule has 0 aliphatic carbocycles. The fourth-order valence-corrected chi connectivity index (χ4v) is 1.87. The Hall–Kier alpha value is -1.40. The van der Waals surface area contributed by atoms with Gasteiger partial charge in [-0.25, -0.2) is 0 Å².